The van der Waals surface area contributed by atoms with Crippen molar-refractivity contribution in [2.45, 2.75) is 26.4 Å². The molecule has 29 heavy (non-hydrogen) atoms. The second kappa shape index (κ2) is 8.82. The first-order valence-electron chi connectivity index (χ1n) is 9.48. The summed E-state index contributed by atoms with van der Waals surface area (Å²) >= 11 is 0. The van der Waals surface area contributed by atoms with Crippen molar-refractivity contribution in [2.24, 2.45) is 0 Å². The van der Waals surface area contributed by atoms with Crippen molar-refractivity contribution >= 4 is 23.6 Å². The summed E-state index contributed by atoms with van der Waals surface area (Å²) in [7, 11) is 2.94. The summed E-state index contributed by atoms with van der Waals surface area (Å²) in [5.41, 5.74) is 3.12. The third-order valence-corrected chi connectivity index (χ3v) is 4.63. The minimum atomic E-state index is -0.378. The van der Waals surface area contributed by atoms with Crippen molar-refractivity contribution in [3.8, 4) is 11.5 Å². The molecule has 3 rings (SSSR count). The first-order valence-corrected chi connectivity index (χ1v) is 9.48. The molecule has 0 saturated heterocycles. The number of anilines is 1. The van der Waals surface area contributed by atoms with Crippen molar-refractivity contribution in [3.05, 3.63) is 59.2 Å². The first kappa shape index (κ1) is 20.5. The highest BCUT2D eigenvalue weighted by molar-refractivity contribution is 6.05. The normalized spacial score (nSPS) is 12.9. The summed E-state index contributed by atoms with van der Waals surface area (Å²) in [5.74, 6) is 0.795. The van der Waals surface area contributed by atoms with Crippen LogP contribution in [0.3, 0.4) is 0 Å². The fourth-order valence-corrected chi connectivity index (χ4v) is 3.27. The van der Waals surface area contributed by atoms with Gasteiger partial charge in [-0.1, -0.05) is 6.07 Å². The predicted molar refractivity (Wildman–Crippen MR) is 112 cm³/mol. The zero-order valence-electron chi connectivity index (χ0n) is 17.1. The number of methoxy groups -OCH3 is 2. The van der Waals surface area contributed by atoms with Crippen LogP contribution in [0.5, 0.6) is 11.5 Å². The van der Waals surface area contributed by atoms with E-state index < -0.39 is 0 Å². The molecule has 2 aromatic rings. The highest BCUT2D eigenvalue weighted by Gasteiger charge is 2.24. The van der Waals surface area contributed by atoms with Crippen LogP contribution in [-0.2, 0) is 16.0 Å². The number of fused-ring (bicyclic) bond motifs is 1. The van der Waals surface area contributed by atoms with E-state index in [-0.39, 0.29) is 18.0 Å². The maximum atomic E-state index is 12.7. The summed E-state index contributed by atoms with van der Waals surface area (Å²) in [6, 6.07) is 10.8. The van der Waals surface area contributed by atoms with E-state index in [0.717, 1.165) is 16.8 Å². The van der Waals surface area contributed by atoms with Crippen LogP contribution in [0.4, 0.5) is 5.69 Å². The fourth-order valence-electron chi connectivity index (χ4n) is 3.27. The molecule has 0 N–H and O–H groups in total. The number of carbonyl (C=O) groups is 2. The molecule has 0 radical (unpaired) electrons. The van der Waals surface area contributed by atoms with E-state index in [1.54, 1.807) is 42.4 Å². The first-order chi connectivity index (χ1) is 13.9. The Balaban J connectivity index is 1.75. The van der Waals surface area contributed by atoms with Gasteiger partial charge in [0.2, 0.25) is 0 Å². The van der Waals surface area contributed by atoms with Crippen LogP contribution in [0.25, 0.3) is 6.08 Å². The standard InChI is InChI=1S/C23H25NO5/c1-15(2)29-20-9-5-16(13-21(20)27-3)6-10-22(25)24-12-11-17-14-18(23(26)28-4)7-8-19(17)24/h5-10,13-15H,11-12H2,1-4H3/b10-6+. The van der Waals surface area contributed by atoms with Crippen molar-refractivity contribution in [3.63, 3.8) is 0 Å². The number of carbonyl (C=O) groups excluding carboxylic acids is 2. The van der Waals surface area contributed by atoms with Gasteiger partial charge in [-0.2, -0.15) is 0 Å². The van der Waals surface area contributed by atoms with Crippen LogP contribution in [0.1, 0.15) is 35.3 Å². The smallest absolute Gasteiger partial charge is 0.337 e. The highest BCUT2D eigenvalue weighted by atomic mass is 16.5. The van der Waals surface area contributed by atoms with Gasteiger partial charge in [0.15, 0.2) is 11.5 Å². The highest BCUT2D eigenvalue weighted by Crippen LogP contribution is 2.31. The van der Waals surface area contributed by atoms with Gasteiger partial charge in [0.05, 0.1) is 25.9 Å². The molecule has 0 aromatic heterocycles. The van der Waals surface area contributed by atoms with E-state index >= 15 is 0 Å². The molecule has 1 aliphatic heterocycles. The Labute approximate surface area is 170 Å². The van der Waals surface area contributed by atoms with Crippen LogP contribution < -0.4 is 14.4 Å². The van der Waals surface area contributed by atoms with Crippen LogP contribution >= 0.6 is 0 Å². The van der Waals surface area contributed by atoms with Gasteiger partial charge < -0.3 is 19.1 Å². The summed E-state index contributed by atoms with van der Waals surface area (Å²) in [6.07, 6.45) is 4.04. The third-order valence-electron chi connectivity index (χ3n) is 4.63. The van der Waals surface area contributed by atoms with Crippen molar-refractivity contribution < 1.29 is 23.8 Å². The van der Waals surface area contributed by atoms with E-state index in [4.69, 9.17) is 14.2 Å². The SMILES string of the molecule is COC(=O)c1ccc2c(c1)CCN2C(=O)/C=C/c1ccc(OC(C)C)c(OC)c1. The maximum Gasteiger partial charge on any atom is 0.337 e. The zero-order valence-corrected chi connectivity index (χ0v) is 17.1. The molecule has 0 atom stereocenters. The quantitative estimate of drug-likeness (QED) is 0.549. The predicted octanol–water partition coefficient (Wildman–Crippen LogP) is 3.87. The van der Waals surface area contributed by atoms with E-state index in [0.29, 0.717) is 30.0 Å². The monoisotopic (exact) mass is 395 g/mol. The summed E-state index contributed by atoms with van der Waals surface area (Å²) in [4.78, 5) is 26.1. The van der Waals surface area contributed by atoms with Gasteiger partial charge in [-0.3, -0.25) is 4.79 Å². The summed E-state index contributed by atoms with van der Waals surface area (Å²) in [6.45, 7) is 4.48. The second-order valence-corrected chi connectivity index (χ2v) is 6.99. The number of hydrogen-bond acceptors (Lipinski definition) is 5. The van der Waals surface area contributed by atoms with Crippen molar-refractivity contribution in [1.82, 2.24) is 0 Å². The summed E-state index contributed by atoms with van der Waals surface area (Å²) in [5, 5.41) is 0. The Kier molecular flexibility index (Phi) is 6.22. The Hall–Kier alpha value is -3.28. The lowest BCUT2D eigenvalue weighted by molar-refractivity contribution is -0.114. The van der Waals surface area contributed by atoms with Crippen molar-refractivity contribution in [2.75, 3.05) is 25.7 Å². The average Bonchev–Trinajstić information content (AvgIpc) is 3.15. The largest absolute Gasteiger partial charge is 0.493 e. The second-order valence-electron chi connectivity index (χ2n) is 6.99. The molecular formula is C23H25NO5. The number of rotatable bonds is 6. The number of amides is 1. The van der Waals surface area contributed by atoms with Gasteiger partial charge in [0, 0.05) is 18.3 Å². The molecule has 0 bridgehead atoms. The van der Waals surface area contributed by atoms with Gasteiger partial charge >= 0.3 is 5.97 Å². The maximum absolute atomic E-state index is 12.7. The molecule has 1 aliphatic rings. The lowest BCUT2D eigenvalue weighted by Crippen LogP contribution is -2.26. The van der Waals surface area contributed by atoms with Gasteiger partial charge in [-0.25, -0.2) is 4.79 Å². The Morgan fingerprint density at radius 1 is 1.07 bits per heavy atom. The molecule has 152 valence electrons. The van der Waals surface area contributed by atoms with Crippen LogP contribution in [0.15, 0.2) is 42.5 Å². The topological polar surface area (TPSA) is 65.1 Å². The van der Waals surface area contributed by atoms with E-state index in [9.17, 15) is 9.59 Å². The molecule has 1 amide bonds. The molecule has 1 heterocycles. The van der Waals surface area contributed by atoms with Crippen LogP contribution in [0, 0.1) is 0 Å². The molecular weight excluding hydrogens is 370 g/mol. The van der Waals surface area contributed by atoms with Crippen LogP contribution in [0.2, 0.25) is 0 Å². The lowest BCUT2D eigenvalue weighted by atomic mass is 10.1. The average molecular weight is 395 g/mol. The molecule has 0 fully saturated rings. The molecule has 6 heteroatoms. The lowest BCUT2D eigenvalue weighted by Gasteiger charge is -2.15. The molecule has 0 aliphatic carbocycles. The number of ether oxygens (including phenoxy) is 3. The molecule has 2 aromatic carbocycles. The molecule has 0 spiro atoms. The number of esters is 1. The number of hydrogen-bond donors (Lipinski definition) is 0. The molecule has 0 unspecified atom stereocenters. The molecule has 6 nitrogen and oxygen atoms in total. The van der Waals surface area contributed by atoms with Gasteiger partial charge in [0.25, 0.3) is 5.91 Å². The van der Waals surface area contributed by atoms with E-state index in [2.05, 4.69) is 0 Å². The Bertz CT molecular complexity index is 948. The minimum absolute atomic E-state index is 0.0433. The number of benzene rings is 2. The Morgan fingerprint density at radius 3 is 2.55 bits per heavy atom. The van der Waals surface area contributed by atoms with Gasteiger partial charge in [-0.05, 0) is 67.8 Å². The minimum Gasteiger partial charge on any atom is -0.493 e. The Morgan fingerprint density at radius 2 is 1.86 bits per heavy atom. The summed E-state index contributed by atoms with van der Waals surface area (Å²) < 4.78 is 15.9. The fraction of sp³-hybridized carbons (Fsp3) is 0.304. The van der Waals surface area contributed by atoms with Crippen molar-refractivity contribution in [1.29, 1.82) is 0 Å². The zero-order chi connectivity index (χ0) is 21.0. The van der Waals surface area contributed by atoms with Crippen LogP contribution in [-0.4, -0.2) is 38.7 Å². The molecule has 0 saturated carbocycles. The number of nitrogens with zero attached hydrogens (tertiary/aromatic N) is 1. The van der Waals surface area contributed by atoms with Gasteiger partial charge in [-0.15, -0.1) is 0 Å². The third kappa shape index (κ3) is 4.59. The van der Waals surface area contributed by atoms with E-state index in [1.807, 2.05) is 32.0 Å². The van der Waals surface area contributed by atoms with Gasteiger partial charge in [0.1, 0.15) is 0 Å². The van der Waals surface area contributed by atoms with E-state index in [1.165, 1.54) is 7.11 Å².